The lowest BCUT2D eigenvalue weighted by Gasteiger charge is -2.09. The zero-order chi connectivity index (χ0) is 14.5. The molecule has 0 fully saturated rings. The van der Waals surface area contributed by atoms with E-state index in [1.807, 2.05) is 18.2 Å². The highest BCUT2D eigenvalue weighted by molar-refractivity contribution is 6.36. The van der Waals surface area contributed by atoms with E-state index < -0.39 is 0 Å². The van der Waals surface area contributed by atoms with Crippen LogP contribution in [-0.2, 0) is 6.42 Å². The topological polar surface area (TPSA) is 47.0 Å². The Labute approximate surface area is 132 Å². The van der Waals surface area contributed by atoms with Crippen molar-refractivity contribution in [2.75, 3.05) is 19.0 Å². The van der Waals surface area contributed by atoms with Crippen LogP contribution in [0.4, 0.5) is 5.82 Å². The number of nitrogens with zero attached hydrogens (tertiary/aromatic N) is 2. The standard InChI is InChI=1S/C13H12Cl3N3O/c1-20-13-18-11(16)7-12(19-13)17-6-5-8-9(14)3-2-4-10(8)15/h2-4,7H,5-6H2,1H3,(H,17,18,19). The zero-order valence-corrected chi connectivity index (χ0v) is 12.9. The third-order valence-electron chi connectivity index (χ3n) is 2.60. The van der Waals surface area contributed by atoms with E-state index in [9.17, 15) is 0 Å². The number of nitrogens with one attached hydrogen (secondary N) is 1. The summed E-state index contributed by atoms with van der Waals surface area (Å²) < 4.78 is 4.95. The second kappa shape index (κ2) is 6.97. The van der Waals surface area contributed by atoms with E-state index in [0.717, 1.165) is 5.56 Å². The number of anilines is 1. The Bertz CT molecular complexity index is 587. The van der Waals surface area contributed by atoms with Gasteiger partial charge in [0.05, 0.1) is 7.11 Å². The van der Waals surface area contributed by atoms with Gasteiger partial charge in [0.1, 0.15) is 11.0 Å². The summed E-state index contributed by atoms with van der Waals surface area (Å²) in [6, 6.07) is 7.28. The van der Waals surface area contributed by atoms with Crippen molar-refractivity contribution < 1.29 is 4.74 Å². The summed E-state index contributed by atoms with van der Waals surface area (Å²) in [5.74, 6) is 0.588. The number of rotatable bonds is 5. The first-order valence-electron chi connectivity index (χ1n) is 5.85. The number of methoxy groups -OCH3 is 1. The van der Waals surface area contributed by atoms with Crippen molar-refractivity contribution in [2.24, 2.45) is 0 Å². The molecule has 2 rings (SSSR count). The van der Waals surface area contributed by atoms with Crippen LogP contribution in [0.25, 0.3) is 0 Å². The van der Waals surface area contributed by atoms with Crippen LogP contribution < -0.4 is 10.1 Å². The third kappa shape index (κ3) is 3.88. The summed E-state index contributed by atoms with van der Waals surface area (Å²) in [6.07, 6.45) is 0.669. The van der Waals surface area contributed by atoms with Crippen molar-refractivity contribution >= 4 is 40.6 Å². The van der Waals surface area contributed by atoms with Gasteiger partial charge < -0.3 is 10.1 Å². The largest absolute Gasteiger partial charge is 0.467 e. The molecule has 1 aromatic carbocycles. The molecule has 2 aromatic rings. The maximum absolute atomic E-state index is 6.11. The monoisotopic (exact) mass is 331 g/mol. The van der Waals surface area contributed by atoms with Crippen LogP contribution in [0.1, 0.15) is 5.56 Å². The van der Waals surface area contributed by atoms with Crippen LogP contribution in [0.3, 0.4) is 0 Å². The van der Waals surface area contributed by atoms with Crippen LogP contribution in [-0.4, -0.2) is 23.6 Å². The fourth-order valence-electron chi connectivity index (χ4n) is 1.67. The molecule has 4 nitrogen and oxygen atoms in total. The summed E-state index contributed by atoms with van der Waals surface area (Å²) in [7, 11) is 1.49. The quantitative estimate of drug-likeness (QED) is 0.837. The van der Waals surface area contributed by atoms with E-state index in [4.69, 9.17) is 39.5 Å². The Morgan fingerprint density at radius 3 is 2.50 bits per heavy atom. The van der Waals surface area contributed by atoms with Gasteiger partial charge in [0.15, 0.2) is 0 Å². The Kier molecular flexibility index (Phi) is 5.29. The van der Waals surface area contributed by atoms with Gasteiger partial charge in [-0.3, -0.25) is 0 Å². The molecule has 1 heterocycles. The number of halogens is 3. The van der Waals surface area contributed by atoms with E-state index in [1.54, 1.807) is 6.07 Å². The molecule has 0 aliphatic rings. The smallest absolute Gasteiger partial charge is 0.319 e. The van der Waals surface area contributed by atoms with Crippen molar-refractivity contribution in [1.82, 2.24) is 9.97 Å². The SMILES string of the molecule is COc1nc(Cl)cc(NCCc2c(Cl)cccc2Cl)n1. The summed E-state index contributed by atoms with van der Waals surface area (Å²) in [5.41, 5.74) is 0.899. The minimum Gasteiger partial charge on any atom is -0.467 e. The van der Waals surface area contributed by atoms with Gasteiger partial charge in [-0.1, -0.05) is 40.9 Å². The molecule has 0 aliphatic carbocycles. The summed E-state index contributed by atoms with van der Waals surface area (Å²) in [6.45, 7) is 0.611. The highest BCUT2D eigenvalue weighted by Gasteiger charge is 2.06. The molecular weight excluding hydrogens is 321 g/mol. The molecule has 0 aliphatic heterocycles. The lowest BCUT2D eigenvalue weighted by Crippen LogP contribution is -2.08. The predicted octanol–water partition coefficient (Wildman–Crippen LogP) is 4.10. The maximum atomic E-state index is 6.11. The number of ether oxygens (including phenoxy) is 1. The lowest BCUT2D eigenvalue weighted by molar-refractivity contribution is 0.380. The van der Waals surface area contributed by atoms with E-state index in [2.05, 4.69) is 15.3 Å². The molecule has 0 saturated heterocycles. The molecule has 20 heavy (non-hydrogen) atoms. The van der Waals surface area contributed by atoms with E-state index in [1.165, 1.54) is 7.11 Å². The van der Waals surface area contributed by atoms with E-state index in [-0.39, 0.29) is 6.01 Å². The molecule has 7 heteroatoms. The summed E-state index contributed by atoms with van der Waals surface area (Å²) in [5, 5.41) is 4.75. The van der Waals surface area contributed by atoms with Crippen LogP contribution in [0.5, 0.6) is 6.01 Å². The molecule has 1 N–H and O–H groups in total. The fraction of sp³-hybridized carbons (Fsp3) is 0.231. The van der Waals surface area contributed by atoms with Gasteiger partial charge in [-0.05, 0) is 24.1 Å². The Morgan fingerprint density at radius 1 is 1.15 bits per heavy atom. The highest BCUT2D eigenvalue weighted by Crippen LogP contribution is 2.24. The molecule has 0 unspecified atom stereocenters. The van der Waals surface area contributed by atoms with Gasteiger partial charge in [0, 0.05) is 22.7 Å². The summed E-state index contributed by atoms with van der Waals surface area (Å²) >= 11 is 18.1. The van der Waals surface area contributed by atoms with Gasteiger partial charge in [0.25, 0.3) is 0 Å². The Balaban J connectivity index is 2.01. The van der Waals surface area contributed by atoms with Gasteiger partial charge in [-0.2, -0.15) is 9.97 Å². The Hall–Kier alpha value is -1.23. The van der Waals surface area contributed by atoms with Crippen LogP contribution >= 0.6 is 34.8 Å². The number of hydrogen-bond acceptors (Lipinski definition) is 4. The van der Waals surface area contributed by atoms with Gasteiger partial charge in [0.2, 0.25) is 0 Å². The first-order chi connectivity index (χ1) is 9.60. The molecule has 0 bridgehead atoms. The van der Waals surface area contributed by atoms with Crippen LogP contribution in [0.2, 0.25) is 15.2 Å². The predicted molar refractivity (Wildman–Crippen MR) is 82.2 cm³/mol. The minimum absolute atomic E-state index is 0.218. The van der Waals surface area contributed by atoms with Crippen LogP contribution in [0, 0.1) is 0 Å². The molecule has 0 saturated carbocycles. The summed E-state index contributed by atoms with van der Waals surface area (Å²) in [4.78, 5) is 8.03. The van der Waals surface area contributed by atoms with Crippen molar-refractivity contribution in [2.45, 2.75) is 6.42 Å². The first kappa shape index (κ1) is 15.2. The van der Waals surface area contributed by atoms with Crippen LogP contribution in [0.15, 0.2) is 24.3 Å². The molecule has 0 spiro atoms. The van der Waals surface area contributed by atoms with Crippen molar-refractivity contribution in [3.63, 3.8) is 0 Å². The maximum Gasteiger partial charge on any atom is 0.319 e. The Morgan fingerprint density at radius 2 is 1.85 bits per heavy atom. The molecule has 0 radical (unpaired) electrons. The number of hydrogen-bond donors (Lipinski definition) is 1. The molecule has 0 amide bonds. The van der Waals surface area contributed by atoms with Gasteiger partial charge in [-0.25, -0.2) is 0 Å². The minimum atomic E-state index is 0.218. The zero-order valence-electron chi connectivity index (χ0n) is 10.7. The molecule has 0 atom stereocenters. The molecular formula is C13H12Cl3N3O. The molecule has 106 valence electrons. The average Bonchev–Trinajstić information content (AvgIpc) is 2.41. The normalized spacial score (nSPS) is 10.4. The average molecular weight is 333 g/mol. The number of benzene rings is 1. The van der Waals surface area contributed by atoms with Crippen molar-refractivity contribution in [3.05, 3.63) is 45.0 Å². The van der Waals surface area contributed by atoms with Crippen molar-refractivity contribution in [1.29, 1.82) is 0 Å². The third-order valence-corrected chi connectivity index (χ3v) is 3.50. The number of aromatic nitrogens is 2. The second-order valence-corrected chi connectivity index (χ2v) is 5.14. The second-order valence-electron chi connectivity index (χ2n) is 3.94. The van der Waals surface area contributed by atoms with Crippen molar-refractivity contribution in [3.8, 4) is 6.01 Å². The lowest BCUT2D eigenvalue weighted by atomic mass is 10.1. The van der Waals surface area contributed by atoms with E-state index >= 15 is 0 Å². The van der Waals surface area contributed by atoms with E-state index in [0.29, 0.717) is 34.0 Å². The fourth-order valence-corrected chi connectivity index (χ4v) is 2.43. The van der Waals surface area contributed by atoms with Gasteiger partial charge >= 0.3 is 6.01 Å². The molecule has 1 aromatic heterocycles. The first-order valence-corrected chi connectivity index (χ1v) is 6.99. The highest BCUT2D eigenvalue weighted by atomic mass is 35.5. The van der Waals surface area contributed by atoms with Gasteiger partial charge in [-0.15, -0.1) is 0 Å².